The first-order valence-electron chi connectivity index (χ1n) is 9.64. The molecule has 0 amide bonds. The maximum absolute atomic E-state index is 10.5. The Morgan fingerprint density at radius 2 is 2.00 bits per heavy atom. The van der Waals surface area contributed by atoms with Gasteiger partial charge in [0.2, 0.25) is 0 Å². The van der Waals surface area contributed by atoms with Crippen molar-refractivity contribution in [3.8, 4) is 12.3 Å². The minimum atomic E-state index is -0.702. The number of carboxylic acid groups (broad SMARTS) is 1. The molecule has 2 rings (SSSR count). The Kier molecular flexibility index (Phi) is 8.39. The summed E-state index contributed by atoms with van der Waals surface area (Å²) in [6, 6.07) is 0. The third-order valence-electron chi connectivity index (χ3n) is 5.62. The molecule has 2 aliphatic rings. The molecule has 0 aromatic carbocycles. The molecule has 2 bridgehead atoms. The van der Waals surface area contributed by atoms with Gasteiger partial charge in [0.05, 0.1) is 6.10 Å². The minimum Gasteiger partial charge on any atom is -0.481 e. The van der Waals surface area contributed by atoms with Gasteiger partial charge in [-0.1, -0.05) is 18.6 Å². The average molecular weight is 332 g/mol. The van der Waals surface area contributed by atoms with Crippen LogP contribution in [0.15, 0.2) is 12.2 Å². The fourth-order valence-electron chi connectivity index (χ4n) is 4.41. The molecule has 0 aromatic rings. The van der Waals surface area contributed by atoms with Crippen LogP contribution >= 0.6 is 0 Å². The number of unbranched alkanes of at least 4 members (excludes halogenated alkanes) is 4. The summed E-state index contributed by atoms with van der Waals surface area (Å²) >= 11 is 0. The van der Waals surface area contributed by atoms with E-state index in [0.29, 0.717) is 12.0 Å². The maximum atomic E-state index is 10.5. The van der Waals surface area contributed by atoms with Gasteiger partial charge in [-0.15, -0.1) is 12.3 Å². The van der Waals surface area contributed by atoms with Crippen LogP contribution in [0, 0.1) is 30.1 Å². The van der Waals surface area contributed by atoms with Gasteiger partial charge >= 0.3 is 5.97 Å². The van der Waals surface area contributed by atoms with Crippen molar-refractivity contribution in [1.29, 1.82) is 0 Å². The van der Waals surface area contributed by atoms with E-state index >= 15 is 0 Å². The van der Waals surface area contributed by atoms with Crippen LogP contribution in [0.5, 0.6) is 0 Å². The number of hydrogen-bond donors (Lipinski definition) is 1. The summed E-state index contributed by atoms with van der Waals surface area (Å²) in [6.45, 7) is 0.872. The topological polar surface area (TPSA) is 46.5 Å². The van der Waals surface area contributed by atoms with Crippen LogP contribution in [0.3, 0.4) is 0 Å². The fourth-order valence-corrected chi connectivity index (χ4v) is 4.41. The number of ether oxygens (including phenoxy) is 1. The minimum absolute atomic E-state index is 0.268. The van der Waals surface area contributed by atoms with Crippen LogP contribution in [0.4, 0.5) is 0 Å². The molecule has 134 valence electrons. The lowest BCUT2D eigenvalue weighted by Gasteiger charge is -2.30. The highest BCUT2D eigenvalue weighted by Crippen LogP contribution is 2.51. The second-order valence-corrected chi connectivity index (χ2v) is 7.34. The molecule has 2 fully saturated rings. The third-order valence-corrected chi connectivity index (χ3v) is 5.62. The highest BCUT2D eigenvalue weighted by Gasteiger charge is 2.47. The predicted octanol–water partition coefficient (Wildman–Crippen LogP) is 4.81. The SMILES string of the molecule is C#CCCCCCO[C@@H]1[C@H]2CC[C@H](C2)[C@H]1CC=CCCCC(=O)O. The molecule has 2 aliphatic carbocycles. The second kappa shape index (κ2) is 10.6. The first kappa shape index (κ1) is 19.1. The van der Waals surface area contributed by atoms with Gasteiger partial charge in [0, 0.05) is 19.4 Å². The monoisotopic (exact) mass is 332 g/mol. The molecule has 0 aromatic heterocycles. The summed E-state index contributed by atoms with van der Waals surface area (Å²) in [7, 11) is 0. The number of fused-ring (bicyclic) bond motifs is 2. The zero-order valence-electron chi connectivity index (χ0n) is 14.8. The van der Waals surface area contributed by atoms with Crippen LogP contribution in [0.2, 0.25) is 0 Å². The van der Waals surface area contributed by atoms with Gasteiger partial charge in [-0.3, -0.25) is 4.79 Å². The van der Waals surface area contributed by atoms with Gasteiger partial charge in [0.25, 0.3) is 0 Å². The first-order valence-corrected chi connectivity index (χ1v) is 9.64. The Balaban J connectivity index is 1.66. The van der Waals surface area contributed by atoms with Crippen LogP contribution in [-0.2, 0) is 9.53 Å². The number of allylic oxidation sites excluding steroid dienone is 2. The predicted molar refractivity (Wildman–Crippen MR) is 96.6 cm³/mol. The summed E-state index contributed by atoms with van der Waals surface area (Å²) in [5, 5.41) is 8.65. The molecule has 3 nitrogen and oxygen atoms in total. The van der Waals surface area contributed by atoms with Gasteiger partial charge in [-0.05, 0) is 69.1 Å². The molecule has 0 radical (unpaired) electrons. The second-order valence-electron chi connectivity index (χ2n) is 7.34. The van der Waals surface area contributed by atoms with E-state index in [1.54, 1.807) is 0 Å². The number of rotatable bonds is 12. The van der Waals surface area contributed by atoms with Crippen molar-refractivity contribution >= 4 is 5.97 Å². The summed E-state index contributed by atoms with van der Waals surface area (Å²) in [5.74, 6) is 4.27. The molecule has 0 aliphatic heterocycles. The molecule has 3 heteroatoms. The Bertz CT molecular complexity index is 448. The summed E-state index contributed by atoms with van der Waals surface area (Å²) < 4.78 is 6.28. The third kappa shape index (κ3) is 5.98. The lowest BCUT2D eigenvalue weighted by molar-refractivity contribution is -0.137. The van der Waals surface area contributed by atoms with Crippen molar-refractivity contribution in [2.24, 2.45) is 17.8 Å². The fraction of sp³-hybridized carbons (Fsp3) is 0.762. The van der Waals surface area contributed by atoms with Crippen molar-refractivity contribution in [3.05, 3.63) is 12.2 Å². The number of carboxylic acids is 1. The first-order chi connectivity index (χ1) is 11.7. The zero-order valence-corrected chi connectivity index (χ0v) is 14.8. The molecule has 0 heterocycles. The van der Waals surface area contributed by atoms with E-state index in [1.807, 2.05) is 0 Å². The van der Waals surface area contributed by atoms with Gasteiger partial charge in [0.1, 0.15) is 0 Å². The molecule has 1 N–H and O–H groups in total. The van der Waals surface area contributed by atoms with Gasteiger partial charge in [-0.25, -0.2) is 0 Å². The molecule has 4 atom stereocenters. The lowest BCUT2D eigenvalue weighted by atomic mass is 9.84. The number of aliphatic carboxylic acids is 1. The van der Waals surface area contributed by atoms with Crippen molar-refractivity contribution in [2.75, 3.05) is 6.61 Å². The number of carbonyl (C=O) groups is 1. The van der Waals surface area contributed by atoms with Crippen LogP contribution in [0.25, 0.3) is 0 Å². The zero-order chi connectivity index (χ0) is 17.2. The molecule has 2 saturated carbocycles. The smallest absolute Gasteiger partial charge is 0.303 e. The van der Waals surface area contributed by atoms with E-state index in [9.17, 15) is 4.79 Å². The van der Waals surface area contributed by atoms with E-state index in [4.69, 9.17) is 16.3 Å². The van der Waals surface area contributed by atoms with Gasteiger partial charge in [-0.2, -0.15) is 0 Å². The Hall–Kier alpha value is -1.27. The Labute approximate surface area is 146 Å². The van der Waals surface area contributed by atoms with Gasteiger partial charge < -0.3 is 9.84 Å². The van der Waals surface area contributed by atoms with Crippen LogP contribution in [0.1, 0.15) is 70.6 Å². The van der Waals surface area contributed by atoms with E-state index in [2.05, 4.69) is 18.1 Å². The Morgan fingerprint density at radius 3 is 2.79 bits per heavy atom. The lowest BCUT2D eigenvalue weighted by Crippen LogP contribution is -2.30. The average Bonchev–Trinajstić information content (AvgIpc) is 3.15. The molecule has 0 unspecified atom stereocenters. The summed E-state index contributed by atoms with van der Waals surface area (Å²) in [6.07, 6.45) is 21.4. The van der Waals surface area contributed by atoms with E-state index in [1.165, 1.54) is 25.7 Å². The number of terminal acetylenes is 1. The summed E-state index contributed by atoms with van der Waals surface area (Å²) in [5.41, 5.74) is 0. The van der Waals surface area contributed by atoms with E-state index in [-0.39, 0.29) is 6.42 Å². The van der Waals surface area contributed by atoms with Crippen LogP contribution < -0.4 is 0 Å². The maximum Gasteiger partial charge on any atom is 0.303 e. The molecule has 0 saturated heterocycles. The van der Waals surface area contributed by atoms with Crippen molar-refractivity contribution in [2.45, 2.75) is 76.7 Å². The summed E-state index contributed by atoms with van der Waals surface area (Å²) in [4.78, 5) is 10.5. The Morgan fingerprint density at radius 1 is 1.17 bits per heavy atom. The standard InChI is InChI=1S/C21H32O3/c1-2-3-4-7-10-15-24-21-18-14-13-17(16-18)19(21)11-8-5-6-9-12-20(22)23/h1,5,8,17-19,21H,3-4,6-7,9-16H2,(H,22,23)/t17-,18+,19-,21-/m1/s1. The molecule has 0 spiro atoms. The van der Waals surface area contributed by atoms with Gasteiger partial charge in [0.15, 0.2) is 0 Å². The van der Waals surface area contributed by atoms with Crippen molar-refractivity contribution < 1.29 is 14.6 Å². The highest BCUT2D eigenvalue weighted by atomic mass is 16.5. The number of hydrogen-bond acceptors (Lipinski definition) is 2. The van der Waals surface area contributed by atoms with Crippen LogP contribution in [-0.4, -0.2) is 23.8 Å². The molecular weight excluding hydrogens is 300 g/mol. The van der Waals surface area contributed by atoms with Crippen molar-refractivity contribution in [3.63, 3.8) is 0 Å². The largest absolute Gasteiger partial charge is 0.481 e. The highest BCUT2D eigenvalue weighted by molar-refractivity contribution is 5.66. The quantitative estimate of drug-likeness (QED) is 0.317. The normalized spacial score (nSPS) is 28.5. The molecular formula is C21H32O3. The van der Waals surface area contributed by atoms with E-state index < -0.39 is 5.97 Å². The molecule has 24 heavy (non-hydrogen) atoms. The van der Waals surface area contributed by atoms with Crippen molar-refractivity contribution in [1.82, 2.24) is 0 Å². The van der Waals surface area contributed by atoms with E-state index in [0.717, 1.165) is 57.0 Å².